The number of nitrogens with zero attached hydrogens (tertiary/aromatic N) is 2. The molecule has 3 rings (SSSR count). The number of aromatic nitrogens is 2. The maximum Gasteiger partial charge on any atom is 0.164 e. The first kappa shape index (κ1) is 22.9. The third-order valence-corrected chi connectivity index (χ3v) is 4.76. The molecule has 9 nitrogen and oxygen atoms in total. The van der Waals surface area contributed by atoms with E-state index in [1.165, 1.54) is 6.21 Å². The molecule has 5 N–H and O–H groups in total. The van der Waals surface area contributed by atoms with Crippen molar-refractivity contribution >= 4 is 17.9 Å². The number of rotatable bonds is 11. The standard InChI is InChI=1S/C22H32N6O3/c1-14(2)25-21-19(10-23)22(26-16-7-8-30-12-16)28-20(27-21)15-5-4-6-18(9-15)31-13-17(29)11-24-3/h4-6,9-10,14,16-17,23-24,29H,7-8,11-13H2,1-3H3,(H2,25,26,27,28). The molecule has 2 unspecified atom stereocenters. The molecule has 0 bridgehead atoms. The first-order chi connectivity index (χ1) is 15.0. The van der Waals surface area contributed by atoms with Crippen LogP contribution in [-0.2, 0) is 4.74 Å². The van der Waals surface area contributed by atoms with Crippen molar-refractivity contribution in [3.8, 4) is 17.1 Å². The minimum Gasteiger partial charge on any atom is -0.491 e. The summed E-state index contributed by atoms with van der Waals surface area (Å²) in [6.45, 7) is 6.02. The van der Waals surface area contributed by atoms with E-state index in [1.807, 2.05) is 38.1 Å². The minimum absolute atomic E-state index is 0.146. The topological polar surface area (TPSA) is 124 Å². The number of nitrogens with one attached hydrogen (secondary N) is 4. The van der Waals surface area contributed by atoms with Gasteiger partial charge in [-0.2, -0.15) is 0 Å². The van der Waals surface area contributed by atoms with Crippen molar-refractivity contribution in [2.24, 2.45) is 0 Å². The van der Waals surface area contributed by atoms with Gasteiger partial charge in [0.1, 0.15) is 30.1 Å². The van der Waals surface area contributed by atoms with Crippen molar-refractivity contribution in [2.45, 2.75) is 38.5 Å². The lowest BCUT2D eigenvalue weighted by molar-refractivity contribution is 0.108. The van der Waals surface area contributed by atoms with Gasteiger partial charge in [0, 0.05) is 31.0 Å². The summed E-state index contributed by atoms with van der Waals surface area (Å²) in [5, 5.41) is 27.5. The van der Waals surface area contributed by atoms with E-state index in [-0.39, 0.29) is 18.7 Å². The fraction of sp³-hybridized carbons (Fsp3) is 0.500. The zero-order valence-corrected chi connectivity index (χ0v) is 18.3. The Bertz CT molecular complexity index is 870. The fourth-order valence-electron chi connectivity index (χ4n) is 3.28. The van der Waals surface area contributed by atoms with Crippen molar-refractivity contribution in [1.82, 2.24) is 15.3 Å². The third-order valence-electron chi connectivity index (χ3n) is 4.76. The second kappa shape index (κ2) is 11.0. The lowest BCUT2D eigenvalue weighted by Gasteiger charge is -2.19. The fourth-order valence-corrected chi connectivity index (χ4v) is 3.28. The molecule has 0 saturated carbocycles. The average Bonchev–Trinajstić information content (AvgIpc) is 3.25. The number of likely N-dealkylation sites (N-methyl/N-ethyl adjacent to an activating group) is 1. The highest BCUT2D eigenvalue weighted by Gasteiger charge is 2.21. The molecule has 0 spiro atoms. The Morgan fingerprint density at radius 1 is 1.32 bits per heavy atom. The molecule has 168 valence electrons. The first-order valence-corrected chi connectivity index (χ1v) is 10.6. The van der Waals surface area contributed by atoms with Crippen LogP contribution in [0.3, 0.4) is 0 Å². The molecule has 1 saturated heterocycles. The summed E-state index contributed by atoms with van der Waals surface area (Å²) < 4.78 is 11.2. The largest absolute Gasteiger partial charge is 0.491 e. The summed E-state index contributed by atoms with van der Waals surface area (Å²) >= 11 is 0. The van der Waals surface area contributed by atoms with Crippen LogP contribution in [0.2, 0.25) is 0 Å². The van der Waals surface area contributed by atoms with E-state index in [1.54, 1.807) is 7.05 Å². The molecule has 1 aromatic carbocycles. The van der Waals surface area contributed by atoms with Crippen LogP contribution in [0.1, 0.15) is 25.8 Å². The highest BCUT2D eigenvalue weighted by molar-refractivity contribution is 5.91. The molecule has 0 amide bonds. The Morgan fingerprint density at radius 3 is 2.81 bits per heavy atom. The summed E-state index contributed by atoms with van der Waals surface area (Å²) in [5.41, 5.74) is 1.40. The van der Waals surface area contributed by atoms with Crippen LogP contribution in [-0.4, -0.2) is 72.9 Å². The Kier molecular flexibility index (Phi) is 8.16. The molecule has 1 fully saturated rings. The van der Waals surface area contributed by atoms with Crippen LogP contribution in [0.5, 0.6) is 5.75 Å². The molecule has 9 heteroatoms. The molecule has 2 aromatic rings. The number of benzene rings is 1. The van der Waals surface area contributed by atoms with E-state index in [0.29, 0.717) is 48.5 Å². The van der Waals surface area contributed by atoms with Crippen molar-refractivity contribution in [2.75, 3.05) is 44.0 Å². The quantitative estimate of drug-likeness (QED) is 0.345. The van der Waals surface area contributed by atoms with Gasteiger partial charge in [0.15, 0.2) is 5.82 Å². The van der Waals surface area contributed by atoms with E-state index in [4.69, 9.17) is 24.9 Å². The van der Waals surface area contributed by atoms with Crippen LogP contribution in [0, 0.1) is 5.41 Å². The number of ether oxygens (including phenoxy) is 2. The molecule has 0 radical (unpaired) electrons. The predicted molar refractivity (Wildman–Crippen MR) is 122 cm³/mol. The predicted octanol–water partition coefficient (Wildman–Crippen LogP) is 2.12. The number of aliphatic hydroxyl groups excluding tert-OH is 1. The van der Waals surface area contributed by atoms with Gasteiger partial charge in [-0.05, 0) is 39.4 Å². The second-order valence-corrected chi connectivity index (χ2v) is 7.86. The molecular weight excluding hydrogens is 396 g/mol. The van der Waals surface area contributed by atoms with E-state index >= 15 is 0 Å². The SMILES string of the molecule is CNCC(O)COc1cccc(-c2nc(NC(C)C)c(C=N)c(NC3CCOC3)n2)c1. The lowest BCUT2D eigenvalue weighted by atomic mass is 10.1. The van der Waals surface area contributed by atoms with Gasteiger partial charge in [-0.3, -0.25) is 0 Å². The van der Waals surface area contributed by atoms with Gasteiger partial charge in [0.25, 0.3) is 0 Å². The third kappa shape index (κ3) is 6.36. The van der Waals surface area contributed by atoms with Crippen LogP contribution in [0.25, 0.3) is 11.4 Å². The summed E-state index contributed by atoms with van der Waals surface area (Å²) in [5.74, 6) is 2.36. The van der Waals surface area contributed by atoms with Gasteiger partial charge in [-0.15, -0.1) is 0 Å². The molecule has 2 atom stereocenters. The highest BCUT2D eigenvalue weighted by atomic mass is 16.5. The van der Waals surface area contributed by atoms with Gasteiger partial charge >= 0.3 is 0 Å². The molecule has 2 heterocycles. The molecule has 1 aliphatic heterocycles. The average molecular weight is 429 g/mol. The van der Waals surface area contributed by atoms with E-state index < -0.39 is 6.10 Å². The van der Waals surface area contributed by atoms with Crippen molar-refractivity contribution < 1.29 is 14.6 Å². The van der Waals surface area contributed by atoms with Gasteiger partial charge in [-0.1, -0.05) is 12.1 Å². The van der Waals surface area contributed by atoms with Gasteiger partial charge in [-0.25, -0.2) is 9.97 Å². The van der Waals surface area contributed by atoms with Crippen LogP contribution >= 0.6 is 0 Å². The first-order valence-electron chi connectivity index (χ1n) is 10.6. The lowest BCUT2D eigenvalue weighted by Crippen LogP contribution is -2.29. The second-order valence-electron chi connectivity index (χ2n) is 7.86. The summed E-state index contributed by atoms with van der Waals surface area (Å²) in [7, 11) is 1.78. The smallest absolute Gasteiger partial charge is 0.164 e. The van der Waals surface area contributed by atoms with Gasteiger partial charge in [0.2, 0.25) is 0 Å². The van der Waals surface area contributed by atoms with Crippen LogP contribution < -0.4 is 20.7 Å². The van der Waals surface area contributed by atoms with Crippen LogP contribution in [0.15, 0.2) is 24.3 Å². The summed E-state index contributed by atoms with van der Waals surface area (Å²) in [6.07, 6.45) is 1.57. The van der Waals surface area contributed by atoms with E-state index in [9.17, 15) is 5.11 Å². The Hall–Kier alpha value is -2.75. The number of aliphatic hydroxyl groups is 1. The molecule has 31 heavy (non-hydrogen) atoms. The summed E-state index contributed by atoms with van der Waals surface area (Å²) in [4.78, 5) is 9.42. The van der Waals surface area contributed by atoms with Crippen molar-refractivity contribution in [1.29, 1.82) is 5.41 Å². The Labute approximate surface area is 183 Å². The van der Waals surface area contributed by atoms with E-state index in [0.717, 1.165) is 12.0 Å². The van der Waals surface area contributed by atoms with Crippen molar-refractivity contribution in [3.63, 3.8) is 0 Å². The molecule has 0 aliphatic carbocycles. The number of anilines is 2. The summed E-state index contributed by atoms with van der Waals surface area (Å²) in [6, 6.07) is 7.77. The van der Waals surface area contributed by atoms with Crippen LogP contribution in [0.4, 0.5) is 11.6 Å². The van der Waals surface area contributed by atoms with Gasteiger partial charge < -0.3 is 35.9 Å². The zero-order chi connectivity index (χ0) is 22.2. The molecular formula is C22H32N6O3. The van der Waals surface area contributed by atoms with E-state index in [2.05, 4.69) is 16.0 Å². The number of hydrogen-bond donors (Lipinski definition) is 5. The highest BCUT2D eigenvalue weighted by Crippen LogP contribution is 2.28. The Balaban J connectivity index is 1.92. The monoisotopic (exact) mass is 428 g/mol. The van der Waals surface area contributed by atoms with Gasteiger partial charge in [0.05, 0.1) is 18.2 Å². The maximum absolute atomic E-state index is 9.89. The maximum atomic E-state index is 9.89. The van der Waals surface area contributed by atoms with Crippen molar-refractivity contribution in [3.05, 3.63) is 29.8 Å². The molecule has 1 aliphatic rings. The number of hydrogen-bond acceptors (Lipinski definition) is 9. The molecule has 1 aromatic heterocycles. The minimum atomic E-state index is -0.594. The Morgan fingerprint density at radius 2 is 2.13 bits per heavy atom. The zero-order valence-electron chi connectivity index (χ0n) is 18.3. The normalized spacial score (nSPS) is 16.9.